The number of ether oxygens (including phenoxy) is 4. The summed E-state index contributed by atoms with van der Waals surface area (Å²) >= 11 is 4.55. The molecular weight excluding hydrogens is 1250 g/mol. The quantitative estimate of drug-likeness (QED) is 0.0420. The van der Waals surface area contributed by atoms with Crippen molar-refractivity contribution in [3.05, 3.63) is 140 Å². The zero-order valence-corrected chi connectivity index (χ0v) is 47.7. The average molecular weight is 1310 g/mol. The van der Waals surface area contributed by atoms with Gasteiger partial charge in [-0.05, 0) is 97.5 Å². The summed E-state index contributed by atoms with van der Waals surface area (Å²) in [6, 6.07) is 30.6. The molecule has 2 aliphatic rings. The number of carbonyl (C=O) groups excluding carboxylic acids is 4. The largest absolute Gasteiger partial charge is 0.490 e. The first-order chi connectivity index (χ1) is 39.7. The molecule has 2 unspecified atom stereocenters. The number of anilines is 2. The lowest BCUT2D eigenvalue weighted by Gasteiger charge is -2.18. The van der Waals surface area contributed by atoms with Gasteiger partial charge in [0.05, 0.1) is 25.1 Å². The maximum Gasteiger partial charge on any atom is 0.490 e. The van der Waals surface area contributed by atoms with Gasteiger partial charge in [-0.1, -0.05) is 84.0 Å². The van der Waals surface area contributed by atoms with Gasteiger partial charge in [0.25, 0.3) is 0 Å². The van der Waals surface area contributed by atoms with Crippen molar-refractivity contribution in [2.24, 2.45) is 5.73 Å². The molecule has 0 spiro atoms. The molecule has 2 aromatic heterocycles. The number of carboxylic acids is 1. The van der Waals surface area contributed by atoms with E-state index in [1.807, 2.05) is 12.1 Å². The minimum atomic E-state index is -5.08. The number of aliphatic carboxylic acids is 1. The number of nitrogens with two attached hydrogens (primary N) is 1. The fourth-order valence-electron chi connectivity index (χ4n) is 7.99. The van der Waals surface area contributed by atoms with Crippen LogP contribution in [-0.2, 0) is 71.9 Å². The Morgan fingerprint density at radius 1 is 0.635 bits per heavy atom. The van der Waals surface area contributed by atoms with Crippen LogP contribution in [0.15, 0.2) is 109 Å². The predicted molar refractivity (Wildman–Crippen MR) is 302 cm³/mol. The summed E-state index contributed by atoms with van der Waals surface area (Å²) < 4.78 is 160. The zero-order valence-electron chi connectivity index (χ0n) is 44.5. The lowest BCUT2D eigenvalue weighted by atomic mass is 10.1. The van der Waals surface area contributed by atoms with E-state index in [1.54, 1.807) is 115 Å². The molecule has 0 radical (unpaired) electrons. The summed E-state index contributed by atoms with van der Waals surface area (Å²) in [4.78, 5) is 58.0. The van der Waals surface area contributed by atoms with Crippen molar-refractivity contribution >= 4 is 79.7 Å². The van der Waals surface area contributed by atoms with Crippen LogP contribution in [0.2, 0.25) is 0 Å². The molecule has 2 amide bonds. The molecule has 4 heterocycles. The normalized spacial score (nSPS) is 13.2. The van der Waals surface area contributed by atoms with Crippen molar-refractivity contribution in [2.45, 2.75) is 78.2 Å². The molecule has 14 nitrogen and oxygen atoms in total. The van der Waals surface area contributed by atoms with Crippen molar-refractivity contribution in [3.8, 4) is 33.8 Å². The Morgan fingerprint density at radius 3 is 1.40 bits per heavy atom. The van der Waals surface area contributed by atoms with Gasteiger partial charge in [-0.2, -0.15) is 39.5 Å². The molecule has 0 aliphatic carbocycles. The first kappa shape index (κ1) is 70.3. The summed E-state index contributed by atoms with van der Waals surface area (Å²) in [6.07, 6.45) is -16.2. The summed E-state index contributed by atoms with van der Waals surface area (Å²) in [5.41, 5.74) is 9.54. The molecule has 28 heteroatoms. The molecule has 4 aromatic carbocycles. The van der Waals surface area contributed by atoms with E-state index in [4.69, 9.17) is 25.1 Å². The average Bonchev–Trinajstić information content (AvgIpc) is 3.68. The molecule has 4 N–H and O–H groups in total. The predicted octanol–water partition coefficient (Wildman–Crippen LogP) is 12.8. The number of halogens is 12. The number of fused-ring (bicyclic) bond motifs is 2. The lowest BCUT2D eigenvalue weighted by Crippen LogP contribution is -2.40. The Morgan fingerprint density at radius 2 is 1.04 bits per heavy atom. The Balaban J connectivity index is 0.000000291. The fraction of sp³-hybridized carbons (Fsp3) is 0.351. The molecule has 0 saturated heterocycles. The highest BCUT2D eigenvalue weighted by Gasteiger charge is 2.39. The number of nitrogens with zero attached hydrogens (tertiary/aromatic N) is 2. The van der Waals surface area contributed by atoms with Crippen LogP contribution < -0.4 is 30.3 Å². The van der Waals surface area contributed by atoms with Crippen LogP contribution in [0.3, 0.4) is 0 Å². The highest BCUT2D eigenvalue weighted by atomic mass is 79.9. The standard InChI is InChI=1S/C27H26F4N2O4S.C22H17BrF3NO2S.C5H10FNO2.C2HF3O2.CH4/c1-2-36-26(35)22(28)14-32-15-24(34)33-11-10-18-12-19(8-9-23(18)33)37-16-20-13-21(17-6-4-3-5-7-17)25(38-20)27(29,30)31;23-12-20(28)27-9-8-15-10-16(6-7-19(15)27)29-13-17-11-18(14-4-2-1-3-5-14)21(30-17)22(24,25)26;1-2-9-5(8)4(6)3-7;3-2(4,5)1(6)7;/h3-9,12-13,22,32H,2,10-11,14-16H2,1H3;1-7,10-11H,8-9,12-13H2;4H,2-3,7H2,1H3;(H,6,7);1H4. The van der Waals surface area contributed by atoms with E-state index in [-0.39, 0.29) is 81.8 Å². The van der Waals surface area contributed by atoms with Crippen LogP contribution in [0.1, 0.15) is 51.9 Å². The summed E-state index contributed by atoms with van der Waals surface area (Å²) in [5, 5.41) is 10.0. The Bertz CT molecular complexity index is 3170. The van der Waals surface area contributed by atoms with E-state index < -0.39 is 58.5 Å². The molecule has 8 rings (SSSR count). The minimum absolute atomic E-state index is 0. The topological polar surface area (TPSA) is 187 Å². The zero-order chi connectivity index (χ0) is 61.9. The Hall–Kier alpha value is -7.14. The van der Waals surface area contributed by atoms with E-state index in [9.17, 15) is 67.5 Å². The van der Waals surface area contributed by atoms with Crippen LogP contribution >= 0.6 is 38.6 Å². The minimum Gasteiger partial charge on any atom is -0.488 e. The number of carbonyl (C=O) groups is 5. The van der Waals surface area contributed by atoms with Gasteiger partial charge in [-0.25, -0.2) is 23.2 Å². The van der Waals surface area contributed by atoms with Crippen molar-refractivity contribution in [3.63, 3.8) is 0 Å². The molecule has 85 heavy (non-hydrogen) atoms. The van der Waals surface area contributed by atoms with Crippen molar-refractivity contribution in [1.82, 2.24) is 5.32 Å². The van der Waals surface area contributed by atoms with Gasteiger partial charge in [-0.3, -0.25) is 9.59 Å². The van der Waals surface area contributed by atoms with Crippen molar-refractivity contribution < 1.29 is 96.3 Å². The molecule has 0 fully saturated rings. The molecular formula is C57H58BrF11N4O10S2. The molecule has 0 saturated carbocycles. The van der Waals surface area contributed by atoms with E-state index >= 15 is 0 Å². The Kier molecular flexibility index (Phi) is 26.8. The highest BCUT2D eigenvalue weighted by molar-refractivity contribution is 9.09. The van der Waals surface area contributed by atoms with E-state index in [2.05, 4.69) is 30.7 Å². The van der Waals surface area contributed by atoms with Crippen molar-refractivity contribution in [1.29, 1.82) is 0 Å². The lowest BCUT2D eigenvalue weighted by molar-refractivity contribution is -0.192. The van der Waals surface area contributed by atoms with Gasteiger partial charge in [0.1, 0.15) is 34.5 Å². The number of alkyl halides is 12. The number of nitrogens with one attached hydrogen (secondary N) is 1. The SMILES string of the molecule is C.CCOC(=O)C(F)CN.CCOC(=O)C(F)CNCC(=O)N1CCc2cc(OCc3cc(-c4ccccc4)c(C(F)(F)F)s3)ccc21.O=C(CBr)N1CCc2cc(OCc3cc(-c4ccccc4)c(C(F)(F)F)s3)ccc21.O=C(O)C(F)(F)F. The molecule has 462 valence electrons. The van der Waals surface area contributed by atoms with Gasteiger partial charge >= 0.3 is 36.4 Å². The van der Waals surface area contributed by atoms with Gasteiger partial charge in [-0.15, -0.1) is 22.7 Å². The number of esters is 2. The van der Waals surface area contributed by atoms with Crippen molar-refractivity contribution in [2.75, 3.05) is 61.1 Å². The summed E-state index contributed by atoms with van der Waals surface area (Å²) in [6.45, 7) is 3.73. The van der Waals surface area contributed by atoms with Crippen LogP contribution in [0.25, 0.3) is 22.3 Å². The summed E-state index contributed by atoms with van der Waals surface area (Å²) in [5.74, 6) is -3.83. The van der Waals surface area contributed by atoms with Crippen LogP contribution in [0.5, 0.6) is 11.5 Å². The third kappa shape index (κ3) is 20.5. The molecule has 0 bridgehead atoms. The number of hydrogen-bond donors (Lipinski definition) is 3. The number of hydrogen-bond acceptors (Lipinski definition) is 13. The third-order valence-corrected chi connectivity index (χ3v) is 14.5. The molecule has 6 aromatic rings. The van der Waals surface area contributed by atoms with Crippen LogP contribution in [0.4, 0.5) is 59.7 Å². The van der Waals surface area contributed by atoms with Gasteiger partial charge < -0.3 is 44.9 Å². The fourth-order valence-corrected chi connectivity index (χ4v) is 10.2. The van der Waals surface area contributed by atoms with Gasteiger partial charge in [0.15, 0.2) is 0 Å². The van der Waals surface area contributed by atoms with E-state index in [0.29, 0.717) is 80.3 Å². The highest BCUT2D eigenvalue weighted by Crippen LogP contribution is 2.45. The second-order valence-corrected chi connectivity index (χ2v) is 20.5. The molecule has 2 aliphatic heterocycles. The monoisotopic (exact) mass is 1310 g/mol. The maximum absolute atomic E-state index is 13.7. The number of rotatable bonds is 18. The molecule has 2 atom stereocenters. The van der Waals surface area contributed by atoms with Crippen LogP contribution in [0, 0.1) is 0 Å². The first-order valence-electron chi connectivity index (χ1n) is 25.2. The Labute approximate surface area is 497 Å². The number of benzene rings is 4. The van der Waals surface area contributed by atoms with E-state index in [1.165, 1.54) is 6.07 Å². The second-order valence-electron chi connectivity index (χ2n) is 17.6. The third-order valence-electron chi connectivity index (χ3n) is 11.8. The van der Waals surface area contributed by atoms with Gasteiger partial charge in [0.2, 0.25) is 24.2 Å². The number of amides is 2. The van der Waals surface area contributed by atoms with Crippen LogP contribution in [-0.4, -0.2) is 105 Å². The second kappa shape index (κ2) is 32.4. The number of thiophene rings is 2. The maximum atomic E-state index is 13.7. The first-order valence-corrected chi connectivity index (χ1v) is 28.0. The smallest absolute Gasteiger partial charge is 0.488 e. The van der Waals surface area contributed by atoms with Gasteiger partial charge in [0, 0.05) is 58.4 Å². The van der Waals surface area contributed by atoms with E-state index in [0.717, 1.165) is 23.2 Å². The number of carboxylic acid groups (broad SMARTS) is 1. The summed E-state index contributed by atoms with van der Waals surface area (Å²) in [7, 11) is 0.